The minimum atomic E-state index is -0.737. The smallest absolute Gasteiger partial charge is 0.303 e. The predicted molar refractivity (Wildman–Crippen MR) is 101 cm³/mol. The number of carboxylic acid groups (broad SMARTS) is 1. The van der Waals surface area contributed by atoms with E-state index in [0.29, 0.717) is 13.0 Å². The Morgan fingerprint density at radius 3 is 2.20 bits per heavy atom. The lowest BCUT2D eigenvalue weighted by atomic mass is 10.0. The molecule has 0 spiro atoms. The second kappa shape index (κ2) is 16.6. The van der Waals surface area contributed by atoms with Crippen LogP contribution in [-0.2, 0) is 9.53 Å². The van der Waals surface area contributed by atoms with Crippen molar-refractivity contribution in [3.05, 3.63) is 12.2 Å². The van der Waals surface area contributed by atoms with Crippen molar-refractivity contribution >= 4 is 5.97 Å². The third-order valence-corrected chi connectivity index (χ3v) is 4.27. The van der Waals surface area contributed by atoms with E-state index in [1.54, 1.807) is 12.2 Å². The summed E-state index contributed by atoms with van der Waals surface area (Å²) in [4.78, 5) is 10.4. The van der Waals surface area contributed by atoms with E-state index >= 15 is 0 Å². The molecule has 0 saturated carbocycles. The fraction of sp³-hybridized carbons (Fsp3) is 0.850. The van der Waals surface area contributed by atoms with Crippen molar-refractivity contribution in [1.29, 1.82) is 0 Å². The SMILES string of the molecule is CCCCCC(OCC)C(O)C=CC(O)CCCCCCCC(=O)O. The number of ether oxygens (including phenoxy) is 1. The van der Waals surface area contributed by atoms with Crippen LogP contribution >= 0.6 is 0 Å². The van der Waals surface area contributed by atoms with Gasteiger partial charge in [0.25, 0.3) is 0 Å². The molecule has 0 saturated heterocycles. The van der Waals surface area contributed by atoms with E-state index in [1.807, 2.05) is 6.92 Å². The number of aliphatic carboxylic acids is 1. The summed E-state index contributed by atoms with van der Waals surface area (Å²) in [6, 6.07) is 0. The van der Waals surface area contributed by atoms with Gasteiger partial charge in [0, 0.05) is 13.0 Å². The molecule has 0 aliphatic heterocycles. The fourth-order valence-electron chi connectivity index (χ4n) is 2.78. The van der Waals surface area contributed by atoms with E-state index in [9.17, 15) is 15.0 Å². The molecule has 3 N–H and O–H groups in total. The molecule has 0 aliphatic rings. The van der Waals surface area contributed by atoms with Crippen LogP contribution in [0.15, 0.2) is 12.2 Å². The van der Waals surface area contributed by atoms with Crippen LogP contribution < -0.4 is 0 Å². The summed E-state index contributed by atoms with van der Waals surface area (Å²) >= 11 is 0. The summed E-state index contributed by atoms with van der Waals surface area (Å²) in [6.45, 7) is 4.65. The number of aliphatic hydroxyl groups is 2. The van der Waals surface area contributed by atoms with Gasteiger partial charge in [-0.3, -0.25) is 4.79 Å². The molecule has 0 heterocycles. The van der Waals surface area contributed by atoms with E-state index in [2.05, 4.69) is 6.92 Å². The third-order valence-electron chi connectivity index (χ3n) is 4.27. The second-order valence-corrected chi connectivity index (χ2v) is 6.63. The van der Waals surface area contributed by atoms with E-state index < -0.39 is 18.2 Å². The Bertz CT molecular complexity index is 343. The lowest BCUT2D eigenvalue weighted by Crippen LogP contribution is -2.27. The van der Waals surface area contributed by atoms with Crippen LogP contribution in [0.25, 0.3) is 0 Å². The Labute approximate surface area is 153 Å². The molecule has 3 unspecified atom stereocenters. The molecule has 5 nitrogen and oxygen atoms in total. The quantitative estimate of drug-likeness (QED) is 0.269. The number of rotatable bonds is 17. The van der Waals surface area contributed by atoms with Gasteiger partial charge in [-0.05, 0) is 26.2 Å². The average molecular weight is 359 g/mol. The zero-order valence-electron chi connectivity index (χ0n) is 16.0. The molecule has 0 fully saturated rings. The van der Waals surface area contributed by atoms with Crippen molar-refractivity contribution in [3.8, 4) is 0 Å². The molecule has 0 aromatic rings. The maximum Gasteiger partial charge on any atom is 0.303 e. The monoisotopic (exact) mass is 358 g/mol. The van der Waals surface area contributed by atoms with Gasteiger partial charge in [-0.2, -0.15) is 0 Å². The van der Waals surface area contributed by atoms with E-state index in [1.165, 1.54) is 0 Å². The van der Waals surface area contributed by atoms with Gasteiger partial charge in [0.2, 0.25) is 0 Å². The second-order valence-electron chi connectivity index (χ2n) is 6.63. The minimum Gasteiger partial charge on any atom is -0.481 e. The minimum absolute atomic E-state index is 0.200. The van der Waals surface area contributed by atoms with E-state index in [0.717, 1.165) is 57.8 Å². The third kappa shape index (κ3) is 15.1. The van der Waals surface area contributed by atoms with Gasteiger partial charge in [0.15, 0.2) is 0 Å². The molecule has 0 rings (SSSR count). The highest BCUT2D eigenvalue weighted by Gasteiger charge is 2.16. The van der Waals surface area contributed by atoms with E-state index in [-0.39, 0.29) is 12.5 Å². The maximum absolute atomic E-state index is 10.4. The average Bonchev–Trinajstić information content (AvgIpc) is 2.58. The normalized spacial score (nSPS) is 15.4. The van der Waals surface area contributed by atoms with Crippen LogP contribution in [0.4, 0.5) is 0 Å². The molecule has 0 amide bonds. The Kier molecular flexibility index (Phi) is 16.0. The fourth-order valence-corrected chi connectivity index (χ4v) is 2.78. The first-order chi connectivity index (χ1) is 12.0. The van der Waals surface area contributed by atoms with Crippen molar-refractivity contribution < 1.29 is 24.9 Å². The summed E-state index contributed by atoms with van der Waals surface area (Å²) in [5, 5.41) is 28.8. The Hall–Kier alpha value is -0.910. The number of unbranched alkanes of at least 4 members (excludes halogenated alkanes) is 6. The van der Waals surface area contributed by atoms with Gasteiger partial charge >= 0.3 is 5.97 Å². The molecule has 0 aliphatic carbocycles. The highest BCUT2D eigenvalue weighted by molar-refractivity contribution is 5.66. The largest absolute Gasteiger partial charge is 0.481 e. The number of carbonyl (C=O) groups is 1. The molecular formula is C20H38O5. The van der Waals surface area contributed by atoms with Crippen LogP contribution in [0.2, 0.25) is 0 Å². The first-order valence-corrected chi connectivity index (χ1v) is 9.89. The standard InChI is InChI=1S/C20H38O5/c1-3-5-9-13-19(25-4-2)18(22)16-15-17(21)12-10-7-6-8-11-14-20(23)24/h15-19,21-22H,3-14H2,1-2H3,(H,23,24). The Balaban J connectivity index is 3.91. The summed E-state index contributed by atoms with van der Waals surface area (Å²) in [6.07, 6.45) is 11.5. The lowest BCUT2D eigenvalue weighted by Gasteiger charge is -2.20. The van der Waals surface area contributed by atoms with Gasteiger partial charge in [-0.25, -0.2) is 0 Å². The van der Waals surface area contributed by atoms with Gasteiger partial charge in [0.1, 0.15) is 0 Å². The summed E-state index contributed by atoms with van der Waals surface area (Å²) in [7, 11) is 0. The summed E-state index contributed by atoms with van der Waals surface area (Å²) in [5.41, 5.74) is 0. The molecule has 25 heavy (non-hydrogen) atoms. The number of hydrogen-bond donors (Lipinski definition) is 3. The summed E-state index contributed by atoms with van der Waals surface area (Å²) < 4.78 is 5.61. The van der Waals surface area contributed by atoms with Crippen molar-refractivity contribution in [2.75, 3.05) is 6.61 Å². The number of aliphatic hydroxyl groups excluding tert-OH is 2. The predicted octanol–water partition coefficient (Wildman–Crippen LogP) is 4.07. The topological polar surface area (TPSA) is 87.0 Å². The molecule has 0 radical (unpaired) electrons. The van der Waals surface area contributed by atoms with Gasteiger partial charge < -0.3 is 20.1 Å². The van der Waals surface area contributed by atoms with Gasteiger partial charge in [0.05, 0.1) is 18.3 Å². The Morgan fingerprint density at radius 1 is 0.920 bits per heavy atom. The zero-order chi connectivity index (χ0) is 18.9. The maximum atomic E-state index is 10.4. The van der Waals surface area contributed by atoms with Gasteiger partial charge in [-0.15, -0.1) is 0 Å². The highest BCUT2D eigenvalue weighted by atomic mass is 16.5. The molecule has 148 valence electrons. The Morgan fingerprint density at radius 2 is 1.56 bits per heavy atom. The number of carboxylic acids is 1. The molecule has 0 aromatic heterocycles. The first-order valence-electron chi connectivity index (χ1n) is 9.89. The number of hydrogen-bond acceptors (Lipinski definition) is 4. The molecular weight excluding hydrogens is 320 g/mol. The zero-order valence-corrected chi connectivity index (χ0v) is 16.0. The molecule has 3 atom stereocenters. The molecule has 0 bridgehead atoms. The highest BCUT2D eigenvalue weighted by Crippen LogP contribution is 2.13. The summed E-state index contributed by atoms with van der Waals surface area (Å²) in [5.74, 6) is -0.737. The van der Waals surface area contributed by atoms with Crippen LogP contribution in [-0.4, -0.2) is 46.2 Å². The first kappa shape index (κ1) is 24.1. The van der Waals surface area contributed by atoms with Crippen LogP contribution in [0.1, 0.15) is 84.5 Å². The van der Waals surface area contributed by atoms with Crippen molar-refractivity contribution in [3.63, 3.8) is 0 Å². The van der Waals surface area contributed by atoms with Crippen molar-refractivity contribution in [2.24, 2.45) is 0 Å². The van der Waals surface area contributed by atoms with Crippen molar-refractivity contribution in [1.82, 2.24) is 0 Å². The molecule has 0 aromatic carbocycles. The van der Waals surface area contributed by atoms with Crippen LogP contribution in [0.3, 0.4) is 0 Å². The van der Waals surface area contributed by atoms with Gasteiger partial charge in [-0.1, -0.05) is 64.0 Å². The van der Waals surface area contributed by atoms with Crippen LogP contribution in [0, 0.1) is 0 Å². The lowest BCUT2D eigenvalue weighted by molar-refractivity contribution is -0.137. The van der Waals surface area contributed by atoms with E-state index in [4.69, 9.17) is 9.84 Å². The molecule has 5 heteroatoms. The van der Waals surface area contributed by atoms with Crippen LogP contribution in [0.5, 0.6) is 0 Å². The van der Waals surface area contributed by atoms with Crippen molar-refractivity contribution in [2.45, 2.75) is 103 Å².